The summed E-state index contributed by atoms with van der Waals surface area (Å²) in [6, 6.07) is 8.60. The maximum Gasteiger partial charge on any atom is 0.103 e. The predicted octanol–water partition coefficient (Wildman–Crippen LogP) is 4.17. The summed E-state index contributed by atoms with van der Waals surface area (Å²) in [5.74, 6) is 1.67. The van der Waals surface area contributed by atoms with Crippen LogP contribution in [0.15, 0.2) is 34.5 Å². The first kappa shape index (κ1) is 12.0. The lowest BCUT2D eigenvalue weighted by molar-refractivity contribution is 1.17. The topological polar surface area (TPSA) is 12.9 Å². The smallest absolute Gasteiger partial charge is 0.103 e. The van der Waals surface area contributed by atoms with Crippen LogP contribution in [0.25, 0.3) is 0 Å². The van der Waals surface area contributed by atoms with Crippen LogP contribution in [0, 0.1) is 6.92 Å². The molecule has 1 aromatic heterocycles. The second kappa shape index (κ2) is 5.75. The number of thiol groups is 1. The first-order chi connectivity index (χ1) is 7.78. The van der Waals surface area contributed by atoms with Crippen molar-refractivity contribution in [1.82, 2.24) is 4.98 Å². The Hall–Kier alpha value is -0.450. The maximum absolute atomic E-state index is 4.48. The van der Waals surface area contributed by atoms with E-state index in [1.807, 2.05) is 11.8 Å². The lowest BCUT2D eigenvalue weighted by atomic mass is 10.2. The van der Waals surface area contributed by atoms with Gasteiger partial charge in [0.05, 0.1) is 11.4 Å². The monoisotopic (exact) mass is 267 g/mol. The zero-order valence-electron chi connectivity index (χ0n) is 9.01. The van der Waals surface area contributed by atoms with Crippen molar-refractivity contribution in [2.75, 3.05) is 0 Å². The summed E-state index contributed by atoms with van der Waals surface area (Å²) in [5.41, 5.74) is 2.38. The van der Waals surface area contributed by atoms with Gasteiger partial charge in [-0.05, 0) is 19.1 Å². The van der Waals surface area contributed by atoms with E-state index in [4.69, 9.17) is 0 Å². The Morgan fingerprint density at radius 2 is 2.06 bits per heavy atom. The molecule has 4 heteroatoms. The number of thioether (sulfide) groups is 1. The SMILES string of the molecule is Cc1ccc(SCc2nc(CS)cs2)cc1. The Kier molecular flexibility index (Phi) is 4.32. The van der Waals surface area contributed by atoms with E-state index < -0.39 is 0 Å². The largest absolute Gasteiger partial charge is 0.245 e. The molecule has 0 saturated carbocycles. The van der Waals surface area contributed by atoms with Gasteiger partial charge in [0.2, 0.25) is 0 Å². The third-order valence-electron chi connectivity index (χ3n) is 2.14. The average molecular weight is 267 g/mol. The van der Waals surface area contributed by atoms with Crippen LogP contribution in [-0.4, -0.2) is 4.98 Å². The van der Waals surface area contributed by atoms with Crippen LogP contribution in [0.4, 0.5) is 0 Å². The quantitative estimate of drug-likeness (QED) is 0.659. The molecule has 0 amide bonds. The molecule has 0 aliphatic heterocycles. The number of hydrogen-bond donors (Lipinski definition) is 1. The first-order valence-corrected chi connectivity index (χ1v) is 7.51. The molecule has 16 heavy (non-hydrogen) atoms. The molecule has 0 spiro atoms. The summed E-state index contributed by atoms with van der Waals surface area (Å²) < 4.78 is 0. The molecule has 2 aromatic rings. The van der Waals surface area contributed by atoms with E-state index in [9.17, 15) is 0 Å². The number of aryl methyl sites for hydroxylation is 1. The number of thiazole rings is 1. The van der Waals surface area contributed by atoms with Crippen molar-refractivity contribution in [3.8, 4) is 0 Å². The third-order valence-corrected chi connectivity index (χ3v) is 4.57. The normalized spacial score (nSPS) is 10.6. The van der Waals surface area contributed by atoms with E-state index in [0.29, 0.717) is 0 Å². The number of rotatable bonds is 4. The standard InChI is InChI=1S/C12H13NS3/c1-9-2-4-11(5-3-9)15-8-12-13-10(6-14)7-16-12/h2-5,7,14H,6,8H2,1H3. The molecule has 84 valence electrons. The first-order valence-electron chi connectivity index (χ1n) is 5.01. The Balaban J connectivity index is 1.94. The van der Waals surface area contributed by atoms with E-state index in [0.717, 1.165) is 17.2 Å². The second-order valence-corrected chi connectivity index (χ2v) is 5.80. The Morgan fingerprint density at radius 1 is 1.31 bits per heavy atom. The average Bonchev–Trinajstić information content (AvgIpc) is 2.76. The van der Waals surface area contributed by atoms with Crippen molar-refractivity contribution in [2.45, 2.75) is 23.3 Å². The third kappa shape index (κ3) is 3.27. The molecule has 0 unspecified atom stereocenters. The summed E-state index contributed by atoms with van der Waals surface area (Å²) in [4.78, 5) is 5.78. The number of nitrogens with zero attached hydrogens (tertiary/aromatic N) is 1. The minimum Gasteiger partial charge on any atom is -0.245 e. The minimum atomic E-state index is 0.728. The van der Waals surface area contributed by atoms with E-state index in [-0.39, 0.29) is 0 Å². The predicted molar refractivity (Wildman–Crippen MR) is 75.5 cm³/mol. The molecule has 0 atom stereocenters. The number of benzene rings is 1. The van der Waals surface area contributed by atoms with Gasteiger partial charge < -0.3 is 0 Å². The van der Waals surface area contributed by atoms with E-state index in [1.54, 1.807) is 11.3 Å². The molecule has 0 aliphatic rings. The van der Waals surface area contributed by atoms with Crippen LogP contribution >= 0.6 is 35.7 Å². The fourth-order valence-corrected chi connectivity index (χ4v) is 3.26. The van der Waals surface area contributed by atoms with Gasteiger partial charge in [0.15, 0.2) is 0 Å². The minimum absolute atomic E-state index is 0.728. The molecule has 0 aliphatic carbocycles. The molecule has 1 heterocycles. The molecular weight excluding hydrogens is 254 g/mol. The highest BCUT2D eigenvalue weighted by Crippen LogP contribution is 2.24. The van der Waals surface area contributed by atoms with Gasteiger partial charge in [-0.25, -0.2) is 4.98 Å². The highest BCUT2D eigenvalue weighted by molar-refractivity contribution is 7.98. The van der Waals surface area contributed by atoms with Crippen molar-refractivity contribution in [3.63, 3.8) is 0 Å². The van der Waals surface area contributed by atoms with E-state index in [2.05, 4.69) is 54.2 Å². The van der Waals surface area contributed by atoms with Crippen LogP contribution < -0.4 is 0 Å². The number of aromatic nitrogens is 1. The molecule has 0 bridgehead atoms. The molecule has 1 nitrogen and oxygen atoms in total. The summed E-state index contributed by atoms with van der Waals surface area (Å²) in [7, 11) is 0. The fourth-order valence-electron chi connectivity index (χ4n) is 1.27. The van der Waals surface area contributed by atoms with Gasteiger partial charge in [-0.2, -0.15) is 12.6 Å². The van der Waals surface area contributed by atoms with Gasteiger partial charge in [-0.1, -0.05) is 17.7 Å². The summed E-state index contributed by atoms with van der Waals surface area (Å²) in [5, 5.41) is 3.26. The molecule has 0 radical (unpaired) electrons. The summed E-state index contributed by atoms with van der Waals surface area (Å²) in [6.07, 6.45) is 0. The van der Waals surface area contributed by atoms with Crippen LogP contribution in [-0.2, 0) is 11.5 Å². The van der Waals surface area contributed by atoms with Crippen molar-refractivity contribution < 1.29 is 0 Å². The molecule has 2 rings (SSSR count). The van der Waals surface area contributed by atoms with Crippen molar-refractivity contribution in [1.29, 1.82) is 0 Å². The highest BCUT2D eigenvalue weighted by Gasteiger charge is 2.01. The Morgan fingerprint density at radius 3 is 2.69 bits per heavy atom. The number of hydrogen-bond acceptors (Lipinski definition) is 4. The van der Waals surface area contributed by atoms with Gasteiger partial charge in [0.1, 0.15) is 5.01 Å². The Labute approximate surface area is 110 Å². The van der Waals surface area contributed by atoms with E-state index >= 15 is 0 Å². The molecule has 1 aromatic carbocycles. The molecule has 0 N–H and O–H groups in total. The lowest BCUT2D eigenvalue weighted by Crippen LogP contribution is -1.81. The van der Waals surface area contributed by atoms with Crippen LogP contribution in [0.5, 0.6) is 0 Å². The van der Waals surface area contributed by atoms with Gasteiger partial charge >= 0.3 is 0 Å². The maximum atomic E-state index is 4.48. The van der Waals surface area contributed by atoms with Gasteiger partial charge in [0.25, 0.3) is 0 Å². The summed E-state index contributed by atoms with van der Waals surface area (Å²) >= 11 is 7.75. The highest BCUT2D eigenvalue weighted by atomic mass is 32.2. The molecule has 0 fully saturated rings. The Bertz CT molecular complexity index is 448. The van der Waals surface area contributed by atoms with Crippen molar-refractivity contribution in [2.24, 2.45) is 0 Å². The van der Waals surface area contributed by atoms with Crippen molar-refractivity contribution in [3.05, 3.63) is 45.9 Å². The van der Waals surface area contributed by atoms with Gasteiger partial charge in [-0.3, -0.25) is 0 Å². The second-order valence-electron chi connectivity index (χ2n) is 3.49. The van der Waals surface area contributed by atoms with E-state index in [1.165, 1.54) is 15.5 Å². The van der Waals surface area contributed by atoms with Crippen LogP contribution in [0.2, 0.25) is 0 Å². The summed E-state index contributed by atoms with van der Waals surface area (Å²) in [6.45, 7) is 2.11. The van der Waals surface area contributed by atoms with Crippen LogP contribution in [0.1, 0.15) is 16.3 Å². The van der Waals surface area contributed by atoms with Gasteiger partial charge in [0, 0.05) is 16.0 Å². The lowest BCUT2D eigenvalue weighted by Gasteiger charge is -1.99. The van der Waals surface area contributed by atoms with Gasteiger partial charge in [-0.15, -0.1) is 23.1 Å². The zero-order valence-corrected chi connectivity index (χ0v) is 11.5. The zero-order chi connectivity index (χ0) is 11.4. The fraction of sp³-hybridized carbons (Fsp3) is 0.250. The van der Waals surface area contributed by atoms with Crippen LogP contribution in [0.3, 0.4) is 0 Å². The van der Waals surface area contributed by atoms with Crippen molar-refractivity contribution >= 4 is 35.7 Å². The molecule has 0 saturated heterocycles. The molecular formula is C12H13NS3.